The maximum atomic E-state index is 12.8. The number of hydrogen-bond acceptors (Lipinski definition) is 9. The predicted octanol–water partition coefficient (Wildman–Crippen LogP) is 8.02. The predicted molar refractivity (Wildman–Crippen MR) is 183 cm³/mol. The van der Waals surface area contributed by atoms with E-state index in [9.17, 15) is 19.7 Å². The Hall–Kier alpha value is -5.52. The van der Waals surface area contributed by atoms with Gasteiger partial charge in [-0.3, -0.25) is 19.7 Å². The molecule has 1 N–H and O–H groups in total. The number of rotatable bonds is 12. The van der Waals surface area contributed by atoms with E-state index in [-0.39, 0.29) is 23.1 Å². The molecule has 0 bridgehead atoms. The lowest BCUT2D eigenvalue weighted by Crippen LogP contribution is -2.14. The first-order chi connectivity index (χ1) is 22.7. The molecule has 1 aromatic heterocycles. The number of methoxy groups -OCH3 is 2. The molecule has 0 aliphatic heterocycles. The molecule has 5 aromatic rings. The van der Waals surface area contributed by atoms with Crippen molar-refractivity contribution in [1.29, 1.82) is 0 Å². The number of amides is 1. The second-order valence-corrected chi connectivity index (χ2v) is 11.3. The fourth-order valence-electron chi connectivity index (χ4n) is 4.43. The average Bonchev–Trinajstić information content (AvgIpc) is 3.10. The first-order valence-electron chi connectivity index (χ1n) is 14.1. The fraction of sp³-hybridized carbons (Fsp3) is 0.0857. The first kappa shape index (κ1) is 32.9. The summed E-state index contributed by atoms with van der Waals surface area (Å²) in [5.41, 5.74) is 4.33. The number of ketones is 1. The van der Waals surface area contributed by atoms with Crippen molar-refractivity contribution < 1.29 is 24.0 Å². The molecule has 0 saturated heterocycles. The number of anilines is 1. The van der Waals surface area contributed by atoms with Crippen LogP contribution in [0.1, 0.15) is 15.9 Å². The largest absolute Gasteiger partial charge is 0.493 e. The number of aromatic nitrogens is 2. The zero-order valence-corrected chi connectivity index (χ0v) is 26.7. The molecule has 1 amide bonds. The Labute approximate surface area is 279 Å². The monoisotopic (exact) mass is 666 g/mol. The SMILES string of the molecule is COc1ccc(/C=C/C(=O)c2ccc(NC(=O)CSc3nc(-c4ccc(Cl)cc4)cc(-c4ccc([N+](=O)[O-])cc4)n3)cc2)cc1OC. The van der Waals surface area contributed by atoms with E-state index < -0.39 is 4.92 Å². The van der Waals surface area contributed by atoms with Gasteiger partial charge < -0.3 is 14.8 Å². The normalized spacial score (nSPS) is 10.9. The maximum Gasteiger partial charge on any atom is 0.269 e. The molecule has 12 heteroatoms. The van der Waals surface area contributed by atoms with Gasteiger partial charge in [0.15, 0.2) is 22.4 Å². The Balaban J connectivity index is 1.25. The van der Waals surface area contributed by atoms with Crippen LogP contribution in [-0.4, -0.2) is 46.6 Å². The van der Waals surface area contributed by atoms with Gasteiger partial charge in [-0.25, -0.2) is 9.97 Å². The van der Waals surface area contributed by atoms with Crippen LogP contribution in [-0.2, 0) is 4.79 Å². The van der Waals surface area contributed by atoms with Crippen molar-refractivity contribution in [2.24, 2.45) is 0 Å². The van der Waals surface area contributed by atoms with E-state index in [2.05, 4.69) is 15.3 Å². The molecule has 0 unspecified atom stereocenters. The van der Waals surface area contributed by atoms with Crippen molar-refractivity contribution in [3.8, 4) is 34.0 Å². The summed E-state index contributed by atoms with van der Waals surface area (Å²) in [6, 6.07) is 26.9. The smallest absolute Gasteiger partial charge is 0.269 e. The second-order valence-electron chi connectivity index (χ2n) is 9.96. The lowest BCUT2D eigenvalue weighted by molar-refractivity contribution is -0.384. The van der Waals surface area contributed by atoms with E-state index >= 15 is 0 Å². The van der Waals surface area contributed by atoms with Crippen LogP contribution in [0.5, 0.6) is 11.5 Å². The molecule has 0 radical (unpaired) electrons. The van der Waals surface area contributed by atoms with Gasteiger partial charge in [0, 0.05) is 39.5 Å². The number of ether oxygens (including phenoxy) is 2. The third-order valence-electron chi connectivity index (χ3n) is 6.84. The number of non-ortho nitro benzene ring substituents is 1. The molecule has 1 heterocycles. The molecule has 0 fully saturated rings. The van der Waals surface area contributed by atoms with E-state index in [0.717, 1.165) is 22.9 Å². The Morgan fingerprint density at radius 3 is 2.06 bits per heavy atom. The highest BCUT2D eigenvalue weighted by atomic mass is 35.5. The van der Waals surface area contributed by atoms with Crippen LogP contribution in [0.3, 0.4) is 0 Å². The molecule has 10 nitrogen and oxygen atoms in total. The molecule has 0 atom stereocenters. The second kappa shape index (κ2) is 15.2. The minimum atomic E-state index is -0.465. The van der Waals surface area contributed by atoms with Gasteiger partial charge >= 0.3 is 0 Å². The fourth-order valence-corrected chi connectivity index (χ4v) is 5.21. The van der Waals surface area contributed by atoms with Crippen molar-refractivity contribution in [3.05, 3.63) is 129 Å². The number of carbonyl (C=O) groups is 2. The lowest BCUT2D eigenvalue weighted by Gasteiger charge is -2.09. The maximum absolute atomic E-state index is 12.8. The van der Waals surface area contributed by atoms with Crippen LogP contribution in [0, 0.1) is 10.1 Å². The Kier molecular flexibility index (Phi) is 10.6. The van der Waals surface area contributed by atoms with Crippen LogP contribution in [0.2, 0.25) is 5.02 Å². The molecule has 4 aromatic carbocycles. The standard InChI is InChI=1S/C35H27ClN4O6S/c1-45-32-18-4-22(19-33(32)46-2)3-17-31(41)25-7-13-27(14-8-25)37-34(42)21-47-35-38-29(23-5-11-26(36)12-6-23)20-30(39-35)24-9-15-28(16-10-24)40(43)44/h3-20H,21H2,1-2H3,(H,37,42)/b17-3+. The van der Waals surface area contributed by atoms with E-state index in [1.807, 2.05) is 18.2 Å². The van der Waals surface area contributed by atoms with Gasteiger partial charge in [0.25, 0.3) is 5.69 Å². The van der Waals surface area contributed by atoms with E-state index in [1.54, 1.807) is 87.0 Å². The quantitative estimate of drug-likeness (QED) is 0.0351. The minimum absolute atomic E-state index is 0.0124. The van der Waals surface area contributed by atoms with Gasteiger partial charge in [0.1, 0.15) is 0 Å². The third-order valence-corrected chi connectivity index (χ3v) is 7.94. The summed E-state index contributed by atoms with van der Waals surface area (Å²) in [6.45, 7) is 0. The number of benzene rings is 4. The van der Waals surface area contributed by atoms with Crippen molar-refractivity contribution in [2.45, 2.75) is 5.16 Å². The van der Waals surface area contributed by atoms with Crippen molar-refractivity contribution in [2.75, 3.05) is 25.3 Å². The number of nitro groups is 1. The number of thioether (sulfide) groups is 1. The zero-order chi connectivity index (χ0) is 33.3. The Morgan fingerprint density at radius 1 is 0.851 bits per heavy atom. The summed E-state index contributed by atoms with van der Waals surface area (Å²) in [6.07, 6.45) is 3.16. The summed E-state index contributed by atoms with van der Waals surface area (Å²) >= 11 is 7.21. The van der Waals surface area contributed by atoms with Crippen LogP contribution >= 0.6 is 23.4 Å². The summed E-state index contributed by atoms with van der Waals surface area (Å²) in [5, 5.41) is 14.9. The molecular weight excluding hydrogens is 640 g/mol. The molecule has 0 aliphatic rings. The topological polar surface area (TPSA) is 134 Å². The summed E-state index contributed by atoms with van der Waals surface area (Å²) in [4.78, 5) is 45.5. The van der Waals surface area contributed by atoms with Crippen molar-refractivity contribution in [1.82, 2.24) is 9.97 Å². The van der Waals surface area contributed by atoms with Crippen LogP contribution in [0.4, 0.5) is 11.4 Å². The van der Waals surface area contributed by atoms with Crippen molar-refractivity contribution in [3.63, 3.8) is 0 Å². The Morgan fingerprint density at radius 2 is 1.47 bits per heavy atom. The number of carbonyl (C=O) groups excluding carboxylic acids is 2. The number of nitrogens with zero attached hydrogens (tertiary/aromatic N) is 3. The van der Waals surface area contributed by atoms with Gasteiger partial charge in [-0.05, 0) is 78.4 Å². The van der Waals surface area contributed by atoms with Crippen LogP contribution < -0.4 is 14.8 Å². The molecular formula is C35H27ClN4O6S. The van der Waals surface area contributed by atoms with Gasteiger partial charge in [0.05, 0.1) is 36.3 Å². The van der Waals surface area contributed by atoms with Gasteiger partial charge in [-0.2, -0.15) is 0 Å². The molecule has 0 aliphatic carbocycles. The van der Waals surface area contributed by atoms with E-state index in [4.69, 9.17) is 21.1 Å². The molecule has 0 spiro atoms. The highest BCUT2D eigenvalue weighted by molar-refractivity contribution is 7.99. The van der Waals surface area contributed by atoms with Crippen molar-refractivity contribution >= 4 is 52.5 Å². The summed E-state index contributed by atoms with van der Waals surface area (Å²) < 4.78 is 10.6. The number of nitrogens with one attached hydrogen (secondary N) is 1. The first-order valence-corrected chi connectivity index (χ1v) is 15.5. The molecule has 47 heavy (non-hydrogen) atoms. The highest BCUT2D eigenvalue weighted by Gasteiger charge is 2.14. The minimum Gasteiger partial charge on any atom is -0.493 e. The Bertz CT molecular complexity index is 1950. The van der Waals surface area contributed by atoms with E-state index in [0.29, 0.717) is 49.9 Å². The third kappa shape index (κ3) is 8.60. The number of allylic oxidation sites excluding steroid dienone is 1. The van der Waals surface area contributed by atoms with Gasteiger partial charge in [-0.15, -0.1) is 0 Å². The average molecular weight is 667 g/mol. The van der Waals surface area contributed by atoms with Gasteiger partial charge in [0.2, 0.25) is 5.91 Å². The number of hydrogen-bond donors (Lipinski definition) is 1. The summed E-state index contributed by atoms with van der Waals surface area (Å²) in [5.74, 6) is 0.678. The number of nitro benzene ring substituents is 1. The van der Waals surface area contributed by atoms with Crippen LogP contribution in [0.15, 0.2) is 108 Å². The number of halogens is 1. The lowest BCUT2D eigenvalue weighted by atomic mass is 10.1. The van der Waals surface area contributed by atoms with Crippen LogP contribution in [0.25, 0.3) is 28.6 Å². The zero-order valence-electron chi connectivity index (χ0n) is 25.2. The molecule has 0 saturated carbocycles. The van der Waals surface area contributed by atoms with E-state index in [1.165, 1.54) is 18.2 Å². The molecule has 236 valence electrons. The summed E-state index contributed by atoms with van der Waals surface area (Å²) in [7, 11) is 3.10. The molecule has 5 rings (SSSR count). The highest BCUT2D eigenvalue weighted by Crippen LogP contribution is 2.30. The van der Waals surface area contributed by atoms with Gasteiger partial charge in [-0.1, -0.05) is 47.6 Å².